The Kier molecular flexibility index (Phi) is 11.9. The summed E-state index contributed by atoms with van der Waals surface area (Å²) in [5.74, 6) is -2.25. The third-order valence-corrected chi connectivity index (χ3v) is 5.56. The van der Waals surface area contributed by atoms with Gasteiger partial charge in [0.1, 0.15) is 0 Å². The zero-order valence-corrected chi connectivity index (χ0v) is 20.8. The first-order valence-electron chi connectivity index (χ1n) is 11.8. The molecule has 2 heterocycles. The van der Waals surface area contributed by atoms with Crippen molar-refractivity contribution >= 4 is 23.8 Å². The fourth-order valence-electron chi connectivity index (χ4n) is 3.65. The molecule has 0 bridgehead atoms. The number of hydrogen-bond donors (Lipinski definition) is 2. The molecule has 1 aliphatic carbocycles. The molecule has 2 aliphatic rings. The van der Waals surface area contributed by atoms with Crippen LogP contribution in [0.2, 0.25) is 0 Å². The second-order valence-corrected chi connectivity index (χ2v) is 8.40. The number of carbonyl (C=O) groups is 4. The van der Waals surface area contributed by atoms with Crippen molar-refractivity contribution in [3.8, 4) is 11.5 Å². The second kappa shape index (κ2) is 14.9. The maximum atomic E-state index is 12.7. The monoisotopic (exact) mass is 510 g/mol. The largest absolute Gasteiger partial charge is 0.493 e. The van der Waals surface area contributed by atoms with Crippen molar-refractivity contribution in [3.05, 3.63) is 18.0 Å². The average Bonchev–Trinajstić information content (AvgIpc) is 3.39. The average molecular weight is 511 g/mol. The van der Waals surface area contributed by atoms with Gasteiger partial charge in [0.15, 0.2) is 23.2 Å². The quantitative estimate of drug-likeness (QED) is 0.408. The minimum atomic E-state index is -0.998. The van der Waals surface area contributed by atoms with Gasteiger partial charge in [-0.25, -0.2) is 9.78 Å². The van der Waals surface area contributed by atoms with Gasteiger partial charge in [-0.05, 0) is 32.6 Å². The molecule has 1 unspecified atom stereocenters. The number of hydrogen-bond acceptors (Lipinski definition) is 10. The highest BCUT2D eigenvalue weighted by Crippen LogP contribution is 2.29. The first-order chi connectivity index (χ1) is 17.2. The Labute approximate surface area is 209 Å². The van der Waals surface area contributed by atoms with Gasteiger partial charge in [0.05, 0.1) is 25.7 Å². The fraction of sp³-hybridized carbons (Fsp3) is 0.625. The molecule has 2 N–H and O–H groups in total. The predicted molar refractivity (Wildman–Crippen MR) is 125 cm³/mol. The fourth-order valence-corrected chi connectivity index (χ4v) is 3.65. The molecule has 1 aromatic rings. The molecule has 1 saturated heterocycles. The lowest BCUT2D eigenvalue weighted by Crippen LogP contribution is -2.45. The Morgan fingerprint density at radius 1 is 1.19 bits per heavy atom. The predicted octanol–water partition coefficient (Wildman–Crippen LogP) is 2.09. The molecular formula is C24H34N2O10. The summed E-state index contributed by atoms with van der Waals surface area (Å²) in [5, 5.41) is 11.0. The van der Waals surface area contributed by atoms with Crippen LogP contribution in [0.1, 0.15) is 62.9 Å². The van der Waals surface area contributed by atoms with Gasteiger partial charge in [-0.15, -0.1) is 0 Å². The van der Waals surface area contributed by atoms with E-state index in [0.29, 0.717) is 13.0 Å². The Balaban J connectivity index is 0.000000482. The maximum absolute atomic E-state index is 12.7. The molecule has 2 fully saturated rings. The van der Waals surface area contributed by atoms with E-state index in [4.69, 9.17) is 28.8 Å². The summed E-state index contributed by atoms with van der Waals surface area (Å²) in [4.78, 5) is 50.2. The highest BCUT2D eigenvalue weighted by Gasteiger charge is 2.29. The summed E-state index contributed by atoms with van der Waals surface area (Å²) < 4.78 is 26.0. The Morgan fingerprint density at radius 3 is 2.53 bits per heavy atom. The third kappa shape index (κ3) is 9.33. The molecule has 2 atom stereocenters. The van der Waals surface area contributed by atoms with Crippen molar-refractivity contribution in [3.63, 3.8) is 0 Å². The molecule has 1 amide bonds. The van der Waals surface area contributed by atoms with Crippen molar-refractivity contribution in [2.75, 3.05) is 27.1 Å². The van der Waals surface area contributed by atoms with E-state index >= 15 is 0 Å². The molecule has 0 aromatic carbocycles. The smallest absolute Gasteiger partial charge is 0.331 e. The van der Waals surface area contributed by atoms with E-state index in [1.54, 1.807) is 6.92 Å². The van der Waals surface area contributed by atoms with Gasteiger partial charge >= 0.3 is 17.9 Å². The number of carboxylic acids is 1. The third-order valence-electron chi connectivity index (χ3n) is 5.56. The van der Waals surface area contributed by atoms with Gasteiger partial charge in [0, 0.05) is 25.8 Å². The highest BCUT2D eigenvalue weighted by molar-refractivity contribution is 5.98. The lowest BCUT2D eigenvalue weighted by Gasteiger charge is -2.19. The van der Waals surface area contributed by atoms with Crippen LogP contribution in [0.4, 0.5) is 0 Å². The molecule has 12 nitrogen and oxygen atoms in total. The molecule has 0 radical (unpaired) electrons. The number of cyclic esters (lactones) is 1. The topological polar surface area (TPSA) is 160 Å². The minimum absolute atomic E-state index is 0.0185. The number of rotatable bonds is 7. The van der Waals surface area contributed by atoms with Gasteiger partial charge in [-0.1, -0.05) is 12.8 Å². The van der Waals surface area contributed by atoms with Crippen LogP contribution in [0.5, 0.6) is 11.5 Å². The summed E-state index contributed by atoms with van der Waals surface area (Å²) in [6.45, 7) is 3.02. The van der Waals surface area contributed by atoms with Crippen molar-refractivity contribution < 1.29 is 48.0 Å². The number of carboxylic acid groups (broad SMARTS) is 1. The van der Waals surface area contributed by atoms with Crippen LogP contribution < -0.4 is 14.8 Å². The second-order valence-electron chi connectivity index (χ2n) is 8.40. The van der Waals surface area contributed by atoms with Crippen molar-refractivity contribution in [1.82, 2.24) is 10.3 Å². The van der Waals surface area contributed by atoms with Gasteiger partial charge < -0.3 is 34.1 Å². The zero-order chi connectivity index (χ0) is 26.5. The van der Waals surface area contributed by atoms with Gasteiger partial charge in [0.2, 0.25) is 6.79 Å². The molecule has 36 heavy (non-hydrogen) atoms. The van der Waals surface area contributed by atoms with Crippen molar-refractivity contribution in [2.45, 2.75) is 64.5 Å². The highest BCUT2D eigenvalue weighted by atomic mass is 16.7. The van der Waals surface area contributed by atoms with Crippen LogP contribution in [0.25, 0.3) is 0 Å². The lowest BCUT2D eigenvalue weighted by atomic mass is 10.1. The standard InChI is InChI=1S/C18H24N2O8.C6H10O2/c1-11-5-4-8-25-9-13(18(23)28-11)20-17(22)15-16(27-10-26-12(2)21)14(24-3)6-7-19-15;7-6(8)5-3-1-2-4-5/h6-7,11,13H,4-5,8-10H2,1-3H3,(H,20,22);5H,1-4H2,(H,7,8)/t11?,13-;/m0./s1. The summed E-state index contributed by atoms with van der Waals surface area (Å²) in [5.41, 5.74) is -0.132. The SMILES string of the molecule is COc1ccnc(C(=O)N[C@H]2COCCCC(C)OC2=O)c1OCOC(C)=O.O=C(O)C1CCCC1. The van der Waals surface area contributed by atoms with Crippen molar-refractivity contribution in [1.29, 1.82) is 0 Å². The minimum Gasteiger partial charge on any atom is -0.493 e. The molecule has 3 rings (SSSR count). The molecule has 0 spiro atoms. The molecule has 1 aromatic heterocycles. The van der Waals surface area contributed by atoms with E-state index in [-0.39, 0.29) is 35.8 Å². The zero-order valence-electron chi connectivity index (χ0n) is 20.8. The van der Waals surface area contributed by atoms with Crippen LogP contribution >= 0.6 is 0 Å². The number of amides is 1. The maximum Gasteiger partial charge on any atom is 0.331 e. The molecule has 200 valence electrons. The number of methoxy groups -OCH3 is 1. The van der Waals surface area contributed by atoms with Gasteiger partial charge in [0.25, 0.3) is 5.91 Å². The molecule has 1 aliphatic heterocycles. The van der Waals surface area contributed by atoms with Crippen LogP contribution in [0.15, 0.2) is 12.3 Å². The Bertz CT molecular complexity index is 901. The molecule has 1 saturated carbocycles. The Morgan fingerprint density at radius 2 is 1.92 bits per heavy atom. The van der Waals surface area contributed by atoms with Crippen LogP contribution in [-0.4, -0.2) is 73.2 Å². The number of carbonyl (C=O) groups excluding carboxylic acids is 3. The van der Waals surface area contributed by atoms with E-state index in [1.165, 1.54) is 26.3 Å². The van der Waals surface area contributed by atoms with E-state index < -0.39 is 36.6 Å². The van der Waals surface area contributed by atoms with E-state index in [2.05, 4.69) is 10.3 Å². The van der Waals surface area contributed by atoms with E-state index in [9.17, 15) is 19.2 Å². The van der Waals surface area contributed by atoms with E-state index in [0.717, 1.165) is 32.1 Å². The first-order valence-corrected chi connectivity index (χ1v) is 11.8. The Hall–Kier alpha value is -3.41. The summed E-state index contributed by atoms with van der Waals surface area (Å²) in [7, 11) is 1.39. The van der Waals surface area contributed by atoms with Gasteiger partial charge in [-0.2, -0.15) is 0 Å². The van der Waals surface area contributed by atoms with E-state index in [1.807, 2.05) is 0 Å². The molecule has 12 heteroatoms. The summed E-state index contributed by atoms with van der Waals surface area (Å²) in [6, 6.07) is 0.487. The number of nitrogens with zero attached hydrogens (tertiary/aromatic N) is 1. The lowest BCUT2D eigenvalue weighted by molar-refractivity contribution is -0.151. The number of esters is 2. The number of aromatic nitrogens is 1. The normalized spacial score (nSPS) is 20.4. The van der Waals surface area contributed by atoms with Crippen LogP contribution in [0, 0.1) is 5.92 Å². The number of pyridine rings is 1. The summed E-state index contributed by atoms with van der Waals surface area (Å²) >= 11 is 0. The number of ether oxygens (including phenoxy) is 5. The summed E-state index contributed by atoms with van der Waals surface area (Å²) in [6.07, 6.45) is 6.52. The first kappa shape index (κ1) is 28.8. The van der Waals surface area contributed by atoms with Gasteiger partial charge in [-0.3, -0.25) is 14.4 Å². The molecular weight excluding hydrogens is 476 g/mol. The van der Waals surface area contributed by atoms with Crippen LogP contribution in [-0.2, 0) is 28.6 Å². The van der Waals surface area contributed by atoms with Crippen LogP contribution in [0.3, 0.4) is 0 Å². The number of nitrogens with one attached hydrogen (secondary N) is 1. The van der Waals surface area contributed by atoms with Crippen molar-refractivity contribution in [2.24, 2.45) is 5.92 Å². The number of aliphatic carboxylic acids is 1.